The summed E-state index contributed by atoms with van der Waals surface area (Å²) in [6, 6.07) is 0. The summed E-state index contributed by atoms with van der Waals surface area (Å²) in [5, 5.41) is 0. The van der Waals surface area contributed by atoms with Gasteiger partial charge in [0.1, 0.15) is 0 Å². The highest BCUT2D eigenvalue weighted by molar-refractivity contribution is 6.17. The predicted octanol–water partition coefficient (Wildman–Crippen LogP) is 2.51. The van der Waals surface area contributed by atoms with E-state index in [2.05, 4.69) is 13.8 Å². The molecule has 0 N–H and O–H groups in total. The van der Waals surface area contributed by atoms with Crippen LogP contribution in [0.3, 0.4) is 0 Å². The van der Waals surface area contributed by atoms with Crippen molar-refractivity contribution in [1.82, 2.24) is 4.90 Å². The van der Waals surface area contributed by atoms with Crippen molar-refractivity contribution in [2.24, 2.45) is 11.8 Å². The molecule has 1 aliphatic rings. The Labute approximate surface area is 91.6 Å². The van der Waals surface area contributed by atoms with Gasteiger partial charge < -0.3 is 4.90 Å². The molecular formula is C11H20ClNO. The number of alkyl halides is 1. The Bertz CT molecular complexity index is 186. The topological polar surface area (TPSA) is 20.3 Å². The molecule has 1 fully saturated rings. The molecule has 0 aromatic rings. The summed E-state index contributed by atoms with van der Waals surface area (Å²) in [5.74, 6) is 2.17. The summed E-state index contributed by atoms with van der Waals surface area (Å²) < 4.78 is 0. The number of carbonyl (C=O) groups is 1. The van der Waals surface area contributed by atoms with E-state index in [1.165, 1.54) is 6.42 Å². The third-order valence-corrected chi connectivity index (χ3v) is 3.01. The quantitative estimate of drug-likeness (QED) is 0.666. The zero-order valence-electron chi connectivity index (χ0n) is 9.13. The van der Waals surface area contributed by atoms with E-state index < -0.39 is 0 Å². The normalized spacial score (nSPS) is 27.8. The average Bonchev–Trinajstić information content (AvgIpc) is 2.12. The number of amides is 1. The van der Waals surface area contributed by atoms with Crippen LogP contribution in [0.2, 0.25) is 0 Å². The van der Waals surface area contributed by atoms with Gasteiger partial charge >= 0.3 is 0 Å². The Balaban J connectivity index is 2.38. The van der Waals surface area contributed by atoms with E-state index in [4.69, 9.17) is 11.6 Å². The summed E-state index contributed by atoms with van der Waals surface area (Å²) in [6.45, 7) is 6.31. The number of likely N-dealkylation sites (tertiary alicyclic amines) is 1. The molecule has 3 heteroatoms. The van der Waals surface area contributed by atoms with Gasteiger partial charge in [0.25, 0.3) is 0 Å². The number of hydrogen-bond donors (Lipinski definition) is 0. The Morgan fingerprint density at radius 2 is 1.93 bits per heavy atom. The van der Waals surface area contributed by atoms with Gasteiger partial charge in [-0.05, 0) is 24.7 Å². The summed E-state index contributed by atoms with van der Waals surface area (Å²) in [4.78, 5) is 13.7. The predicted molar refractivity (Wildman–Crippen MR) is 59.5 cm³/mol. The van der Waals surface area contributed by atoms with Gasteiger partial charge in [-0.3, -0.25) is 4.79 Å². The summed E-state index contributed by atoms with van der Waals surface area (Å²) in [6.07, 6.45) is 2.67. The molecule has 0 radical (unpaired) electrons. The van der Waals surface area contributed by atoms with E-state index in [0.717, 1.165) is 19.5 Å². The smallest absolute Gasteiger partial charge is 0.222 e. The van der Waals surface area contributed by atoms with Crippen molar-refractivity contribution in [1.29, 1.82) is 0 Å². The van der Waals surface area contributed by atoms with Crippen LogP contribution >= 0.6 is 11.6 Å². The van der Waals surface area contributed by atoms with Crippen LogP contribution in [-0.2, 0) is 4.79 Å². The molecule has 14 heavy (non-hydrogen) atoms. The zero-order valence-corrected chi connectivity index (χ0v) is 9.89. The monoisotopic (exact) mass is 217 g/mol. The second-order valence-corrected chi connectivity index (χ2v) is 4.92. The fraction of sp³-hybridized carbons (Fsp3) is 0.909. The molecule has 2 nitrogen and oxygen atoms in total. The third-order valence-electron chi connectivity index (χ3n) is 2.75. The lowest BCUT2D eigenvalue weighted by atomic mass is 9.92. The van der Waals surface area contributed by atoms with Gasteiger partial charge in [0.2, 0.25) is 5.91 Å². The second-order valence-electron chi connectivity index (χ2n) is 4.54. The van der Waals surface area contributed by atoms with Crippen LogP contribution in [0.1, 0.15) is 33.1 Å². The van der Waals surface area contributed by atoms with Crippen molar-refractivity contribution < 1.29 is 4.79 Å². The number of rotatable bonds is 3. The van der Waals surface area contributed by atoms with Crippen molar-refractivity contribution in [2.45, 2.75) is 33.1 Å². The molecule has 2 unspecified atom stereocenters. The average molecular weight is 218 g/mol. The highest BCUT2D eigenvalue weighted by Gasteiger charge is 2.24. The van der Waals surface area contributed by atoms with Crippen molar-refractivity contribution >= 4 is 17.5 Å². The first-order valence-electron chi connectivity index (χ1n) is 5.47. The molecule has 0 bridgehead atoms. The molecule has 0 aliphatic carbocycles. The van der Waals surface area contributed by atoms with Crippen LogP contribution in [0.4, 0.5) is 0 Å². The number of piperidine rings is 1. The van der Waals surface area contributed by atoms with Gasteiger partial charge in [-0.15, -0.1) is 11.6 Å². The maximum atomic E-state index is 11.7. The third kappa shape index (κ3) is 3.49. The molecule has 0 aromatic heterocycles. The fourth-order valence-corrected chi connectivity index (χ4v) is 2.38. The SMILES string of the molecule is CC1CC(C)CN(C(=O)CCCCl)C1. The molecule has 1 aliphatic heterocycles. The standard InChI is InChI=1S/C11H20ClNO/c1-9-6-10(2)8-13(7-9)11(14)4-3-5-12/h9-10H,3-8H2,1-2H3. The van der Waals surface area contributed by atoms with Crippen LogP contribution in [0, 0.1) is 11.8 Å². The molecule has 0 spiro atoms. The van der Waals surface area contributed by atoms with Crippen LogP contribution in [0.25, 0.3) is 0 Å². The lowest BCUT2D eigenvalue weighted by Gasteiger charge is -2.35. The summed E-state index contributed by atoms with van der Waals surface area (Å²) in [5.41, 5.74) is 0. The van der Waals surface area contributed by atoms with Gasteiger partial charge in [0.15, 0.2) is 0 Å². The largest absolute Gasteiger partial charge is 0.342 e. The molecule has 1 heterocycles. The highest BCUT2D eigenvalue weighted by atomic mass is 35.5. The first-order chi connectivity index (χ1) is 6.63. The number of carbonyl (C=O) groups excluding carboxylic acids is 1. The van der Waals surface area contributed by atoms with Gasteiger partial charge in [-0.2, -0.15) is 0 Å². The second kappa shape index (κ2) is 5.59. The van der Waals surface area contributed by atoms with Crippen molar-refractivity contribution in [3.8, 4) is 0 Å². The minimum atomic E-state index is 0.282. The minimum Gasteiger partial charge on any atom is -0.342 e. The first-order valence-corrected chi connectivity index (χ1v) is 6.00. The molecule has 82 valence electrons. The van der Waals surface area contributed by atoms with E-state index in [1.54, 1.807) is 0 Å². The minimum absolute atomic E-state index is 0.282. The Kier molecular flexibility index (Phi) is 4.73. The van der Waals surface area contributed by atoms with E-state index in [1.807, 2.05) is 4.90 Å². The van der Waals surface area contributed by atoms with Crippen molar-refractivity contribution in [3.05, 3.63) is 0 Å². The summed E-state index contributed by atoms with van der Waals surface area (Å²) >= 11 is 5.57. The van der Waals surface area contributed by atoms with E-state index in [0.29, 0.717) is 24.1 Å². The van der Waals surface area contributed by atoms with Crippen LogP contribution in [-0.4, -0.2) is 29.8 Å². The highest BCUT2D eigenvalue weighted by Crippen LogP contribution is 2.21. The van der Waals surface area contributed by atoms with Gasteiger partial charge in [-0.25, -0.2) is 0 Å². The van der Waals surface area contributed by atoms with Gasteiger partial charge in [0, 0.05) is 25.4 Å². The Hall–Kier alpha value is -0.240. The molecular weight excluding hydrogens is 198 g/mol. The molecule has 1 saturated heterocycles. The van der Waals surface area contributed by atoms with E-state index >= 15 is 0 Å². The molecule has 0 aromatic carbocycles. The Morgan fingerprint density at radius 3 is 2.43 bits per heavy atom. The number of hydrogen-bond acceptors (Lipinski definition) is 1. The van der Waals surface area contributed by atoms with Crippen molar-refractivity contribution in [2.75, 3.05) is 19.0 Å². The van der Waals surface area contributed by atoms with E-state index in [9.17, 15) is 4.79 Å². The molecule has 2 atom stereocenters. The molecule has 1 amide bonds. The fourth-order valence-electron chi connectivity index (χ4n) is 2.24. The number of nitrogens with zero attached hydrogens (tertiary/aromatic N) is 1. The maximum Gasteiger partial charge on any atom is 0.222 e. The summed E-state index contributed by atoms with van der Waals surface area (Å²) in [7, 11) is 0. The van der Waals surface area contributed by atoms with Gasteiger partial charge in [0.05, 0.1) is 0 Å². The Morgan fingerprint density at radius 1 is 1.36 bits per heavy atom. The van der Waals surface area contributed by atoms with Gasteiger partial charge in [-0.1, -0.05) is 13.8 Å². The lowest BCUT2D eigenvalue weighted by molar-refractivity contribution is -0.133. The molecule has 0 saturated carbocycles. The van der Waals surface area contributed by atoms with Crippen LogP contribution in [0.15, 0.2) is 0 Å². The van der Waals surface area contributed by atoms with Crippen molar-refractivity contribution in [3.63, 3.8) is 0 Å². The maximum absolute atomic E-state index is 11.7. The van der Waals surface area contributed by atoms with Crippen LogP contribution < -0.4 is 0 Å². The van der Waals surface area contributed by atoms with E-state index in [-0.39, 0.29) is 5.91 Å². The first kappa shape index (κ1) is 11.8. The number of halogens is 1. The molecule has 1 rings (SSSR count). The zero-order chi connectivity index (χ0) is 10.6. The van der Waals surface area contributed by atoms with Crippen LogP contribution in [0.5, 0.6) is 0 Å². The lowest BCUT2D eigenvalue weighted by Crippen LogP contribution is -2.42.